The van der Waals surface area contributed by atoms with E-state index in [1.165, 1.54) is 9.47 Å². The highest BCUT2D eigenvalue weighted by Crippen LogP contribution is 2.55. The summed E-state index contributed by atoms with van der Waals surface area (Å²) in [5.74, 6) is -2.68. The van der Waals surface area contributed by atoms with Crippen LogP contribution in [0.3, 0.4) is 0 Å². The zero-order valence-corrected chi connectivity index (χ0v) is 26.3. The Labute approximate surface area is 270 Å². The summed E-state index contributed by atoms with van der Waals surface area (Å²) in [6.07, 6.45) is 0. The average molecular weight is 661 g/mol. The predicted octanol–water partition coefficient (Wildman–Crippen LogP) is 7.11. The minimum atomic E-state index is -0.835. The normalized spacial score (nSPS) is 19.2. The fourth-order valence-electron chi connectivity index (χ4n) is 5.97. The molecule has 11 heteroatoms. The van der Waals surface area contributed by atoms with E-state index >= 15 is 0 Å². The lowest BCUT2D eigenvalue weighted by atomic mass is 9.83. The van der Waals surface area contributed by atoms with Crippen molar-refractivity contribution in [1.29, 1.82) is 0 Å². The SMILES string of the molecule is Cc1ccc(N2C(=O)C3Sc4c(sc(=O)n4CC(=O)Nc4cccc5ccccc45)[C@H](c4cccc(Cl)c4Cl)C3C2=O)cc1. The van der Waals surface area contributed by atoms with Gasteiger partial charge < -0.3 is 5.32 Å². The molecule has 7 rings (SSSR count). The summed E-state index contributed by atoms with van der Waals surface area (Å²) in [6, 6.07) is 25.7. The number of nitrogens with zero attached hydrogens (tertiary/aromatic N) is 2. The van der Waals surface area contributed by atoms with Crippen LogP contribution in [-0.4, -0.2) is 27.5 Å². The van der Waals surface area contributed by atoms with Crippen molar-refractivity contribution in [3.63, 3.8) is 0 Å². The van der Waals surface area contributed by atoms with Crippen molar-refractivity contribution in [3.05, 3.63) is 121 Å². The van der Waals surface area contributed by atoms with Crippen molar-refractivity contribution in [3.8, 4) is 0 Å². The van der Waals surface area contributed by atoms with Crippen LogP contribution in [-0.2, 0) is 20.9 Å². The van der Waals surface area contributed by atoms with Crippen LogP contribution in [0.2, 0.25) is 10.0 Å². The van der Waals surface area contributed by atoms with Crippen molar-refractivity contribution >= 4 is 86.2 Å². The third-order valence-corrected chi connectivity index (χ3v) is 11.5. The van der Waals surface area contributed by atoms with Gasteiger partial charge >= 0.3 is 4.87 Å². The molecule has 7 nitrogen and oxygen atoms in total. The second-order valence-corrected chi connectivity index (χ2v) is 13.6. The van der Waals surface area contributed by atoms with Crippen LogP contribution in [0.5, 0.6) is 0 Å². The highest BCUT2D eigenvalue weighted by Gasteiger charge is 2.57. The standard InChI is InChI=1S/C33H23Cl2N3O4S2/c1-17-12-14-19(15-13-17)38-30(40)26-25(21-9-5-10-22(34)27(21)35)29-32(43-28(26)31(38)41)37(33(42)44-29)16-24(39)36-23-11-4-7-18-6-2-3-8-20(18)23/h2-15,25-26,28H,16H2,1H3,(H,36,39)/t25-,26?,28?/m1/s1. The number of hydrogen-bond acceptors (Lipinski definition) is 6. The molecule has 2 aliphatic rings. The molecular weight excluding hydrogens is 637 g/mol. The number of nitrogens with one attached hydrogen (secondary N) is 1. The van der Waals surface area contributed by atoms with Gasteiger partial charge in [0.15, 0.2) is 0 Å². The van der Waals surface area contributed by atoms with E-state index in [-0.39, 0.29) is 34.2 Å². The van der Waals surface area contributed by atoms with Gasteiger partial charge in [-0.15, -0.1) is 0 Å². The van der Waals surface area contributed by atoms with Gasteiger partial charge in [0.25, 0.3) is 0 Å². The molecule has 0 bridgehead atoms. The van der Waals surface area contributed by atoms with Gasteiger partial charge in [0, 0.05) is 21.9 Å². The minimum Gasteiger partial charge on any atom is -0.324 e. The number of aryl methyl sites for hydroxylation is 1. The number of carbonyl (C=O) groups is 3. The van der Waals surface area contributed by atoms with E-state index in [0.29, 0.717) is 31.9 Å². The van der Waals surface area contributed by atoms with Crippen LogP contribution in [0.4, 0.5) is 11.4 Å². The monoisotopic (exact) mass is 659 g/mol. The van der Waals surface area contributed by atoms with Gasteiger partial charge in [-0.05, 0) is 42.1 Å². The van der Waals surface area contributed by atoms with E-state index in [1.807, 2.05) is 61.5 Å². The smallest absolute Gasteiger partial charge is 0.308 e. The summed E-state index contributed by atoms with van der Waals surface area (Å²) in [5, 5.41) is 4.99. The van der Waals surface area contributed by atoms with Crippen molar-refractivity contribution in [2.45, 2.75) is 29.7 Å². The molecule has 2 aliphatic heterocycles. The second-order valence-electron chi connectivity index (χ2n) is 10.7. The molecule has 3 atom stereocenters. The van der Waals surface area contributed by atoms with E-state index in [2.05, 4.69) is 5.32 Å². The van der Waals surface area contributed by atoms with Gasteiger partial charge in [-0.2, -0.15) is 0 Å². The number of thiazole rings is 1. The van der Waals surface area contributed by atoms with Crippen LogP contribution in [0, 0.1) is 12.8 Å². The van der Waals surface area contributed by atoms with Crippen LogP contribution < -0.4 is 15.1 Å². The van der Waals surface area contributed by atoms with Crippen molar-refractivity contribution < 1.29 is 14.4 Å². The molecule has 1 aromatic heterocycles. The van der Waals surface area contributed by atoms with E-state index in [4.69, 9.17) is 23.2 Å². The van der Waals surface area contributed by atoms with Crippen molar-refractivity contribution in [2.24, 2.45) is 5.92 Å². The lowest BCUT2D eigenvalue weighted by Crippen LogP contribution is -2.33. The fourth-order valence-corrected chi connectivity index (χ4v) is 9.16. The molecule has 3 amide bonds. The van der Waals surface area contributed by atoms with Crippen LogP contribution in [0.25, 0.3) is 10.8 Å². The maximum Gasteiger partial charge on any atom is 0.308 e. The zero-order chi connectivity index (χ0) is 30.7. The molecule has 5 aromatic rings. The Bertz CT molecular complexity index is 2050. The molecule has 220 valence electrons. The fraction of sp³-hybridized carbons (Fsp3) is 0.152. The number of fused-ring (bicyclic) bond motifs is 3. The number of rotatable bonds is 5. The Hall–Kier alpha value is -3.89. The molecule has 44 heavy (non-hydrogen) atoms. The first-order valence-electron chi connectivity index (χ1n) is 13.8. The van der Waals surface area contributed by atoms with Gasteiger partial charge in [0.2, 0.25) is 17.7 Å². The predicted molar refractivity (Wildman–Crippen MR) is 176 cm³/mol. The largest absolute Gasteiger partial charge is 0.324 e. The number of amides is 3. The maximum absolute atomic E-state index is 14.1. The quantitative estimate of drug-likeness (QED) is 0.203. The number of hydrogen-bond donors (Lipinski definition) is 1. The summed E-state index contributed by atoms with van der Waals surface area (Å²) in [4.78, 5) is 56.3. The summed E-state index contributed by atoms with van der Waals surface area (Å²) in [5.41, 5.74) is 2.66. The third kappa shape index (κ3) is 4.75. The molecular formula is C33H23Cl2N3O4S2. The summed E-state index contributed by atoms with van der Waals surface area (Å²) in [6.45, 7) is 1.66. The second kappa shape index (κ2) is 11.2. The minimum absolute atomic E-state index is 0.255. The molecule has 1 N–H and O–H groups in total. The maximum atomic E-state index is 14.1. The van der Waals surface area contributed by atoms with Crippen molar-refractivity contribution in [1.82, 2.24) is 4.57 Å². The first-order valence-corrected chi connectivity index (χ1v) is 16.2. The van der Waals surface area contributed by atoms with Gasteiger partial charge in [-0.3, -0.25) is 23.7 Å². The van der Waals surface area contributed by atoms with Gasteiger partial charge in [-0.25, -0.2) is 4.90 Å². The highest BCUT2D eigenvalue weighted by atomic mass is 35.5. The molecule has 0 aliphatic carbocycles. The molecule has 1 saturated heterocycles. The summed E-state index contributed by atoms with van der Waals surface area (Å²) in [7, 11) is 0. The van der Waals surface area contributed by atoms with E-state index < -0.39 is 17.1 Å². The molecule has 0 saturated carbocycles. The highest BCUT2D eigenvalue weighted by molar-refractivity contribution is 8.00. The van der Waals surface area contributed by atoms with Crippen LogP contribution in [0.1, 0.15) is 21.9 Å². The Balaban J connectivity index is 1.30. The van der Waals surface area contributed by atoms with E-state index in [1.54, 1.807) is 30.3 Å². The average Bonchev–Trinajstić information content (AvgIpc) is 3.45. The van der Waals surface area contributed by atoms with Gasteiger partial charge in [0.1, 0.15) is 11.8 Å². The number of thioether (sulfide) groups is 1. The van der Waals surface area contributed by atoms with E-state index in [9.17, 15) is 19.2 Å². The van der Waals surface area contributed by atoms with Gasteiger partial charge in [0.05, 0.1) is 26.7 Å². The zero-order valence-electron chi connectivity index (χ0n) is 23.1. The van der Waals surface area contributed by atoms with Gasteiger partial charge in [-0.1, -0.05) is 113 Å². The first kappa shape index (κ1) is 28.9. The van der Waals surface area contributed by atoms with Crippen molar-refractivity contribution in [2.75, 3.05) is 10.2 Å². The number of imide groups is 1. The number of carbonyl (C=O) groups excluding carboxylic acids is 3. The number of aromatic nitrogens is 1. The molecule has 1 fully saturated rings. The Morgan fingerprint density at radius 3 is 2.41 bits per heavy atom. The number of benzene rings is 4. The van der Waals surface area contributed by atoms with Crippen LogP contribution >= 0.6 is 46.3 Å². The third-order valence-electron chi connectivity index (χ3n) is 8.02. The lowest BCUT2D eigenvalue weighted by molar-refractivity contribution is -0.122. The molecule has 0 spiro atoms. The van der Waals surface area contributed by atoms with Crippen LogP contribution in [0.15, 0.2) is 94.7 Å². The number of halogens is 2. The molecule has 4 aromatic carbocycles. The lowest BCUT2D eigenvalue weighted by Gasteiger charge is -2.31. The Morgan fingerprint density at radius 1 is 0.886 bits per heavy atom. The molecule has 0 radical (unpaired) electrons. The van der Waals surface area contributed by atoms with E-state index in [0.717, 1.165) is 39.4 Å². The Morgan fingerprint density at radius 2 is 1.61 bits per heavy atom. The molecule has 3 heterocycles. The number of anilines is 2. The Kier molecular flexibility index (Phi) is 7.37. The molecule has 2 unspecified atom stereocenters. The summed E-state index contributed by atoms with van der Waals surface area (Å²) < 4.78 is 1.39. The topological polar surface area (TPSA) is 88.5 Å². The first-order chi connectivity index (χ1) is 21.2. The summed E-state index contributed by atoms with van der Waals surface area (Å²) >= 11 is 15.2.